The van der Waals surface area contributed by atoms with Crippen LogP contribution in [-0.2, 0) is 4.79 Å². The van der Waals surface area contributed by atoms with E-state index in [-0.39, 0.29) is 18.4 Å². The van der Waals surface area contributed by atoms with Gasteiger partial charge in [0.25, 0.3) is 5.91 Å². The molecule has 1 rings (SSSR count). The standard InChI is InChI=1S/C14H20N2O3/c1-4-14(3,9-17)16-13(19)11-6-5-7-12(8-11)15-10(2)18/h5-8,17H,4,9H2,1-3H3,(H,15,18)(H,16,19). The molecule has 0 aromatic heterocycles. The first-order chi connectivity index (χ1) is 8.90. The van der Waals surface area contributed by atoms with Crippen molar-refractivity contribution in [3.63, 3.8) is 0 Å². The quantitative estimate of drug-likeness (QED) is 0.754. The lowest BCUT2D eigenvalue weighted by molar-refractivity contribution is -0.114. The van der Waals surface area contributed by atoms with Crippen LogP contribution in [0.15, 0.2) is 24.3 Å². The van der Waals surface area contributed by atoms with Gasteiger partial charge in [-0.05, 0) is 31.5 Å². The molecule has 1 atom stereocenters. The molecular formula is C14H20N2O3. The first-order valence-corrected chi connectivity index (χ1v) is 6.21. The molecule has 19 heavy (non-hydrogen) atoms. The van der Waals surface area contributed by atoms with E-state index in [9.17, 15) is 14.7 Å². The second-order valence-electron chi connectivity index (χ2n) is 4.79. The zero-order chi connectivity index (χ0) is 14.5. The van der Waals surface area contributed by atoms with Crippen LogP contribution in [0.1, 0.15) is 37.6 Å². The van der Waals surface area contributed by atoms with E-state index >= 15 is 0 Å². The number of carbonyl (C=O) groups is 2. The molecule has 5 nitrogen and oxygen atoms in total. The maximum atomic E-state index is 12.1. The molecule has 0 saturated heterocycles. The van der Waals surface area contributed by atoms with E-state index in [1.54, 1.807) is 31.2 Å². The Balaban J connectivity index is 2.85. The topological polar surface area (TPSA) is 78.4 Å². The fourth-order valence-corrected chi connectivity index (χ4v) is 1.53. The molecular weight excluding hydrogens is 244 g/mol. The van der Waals surface area contributed by atoms with Gasteiger partial charge < -0.3 is 15.7 Å². The van der Waals surface area contributed by atoms with Gasteiger partial charge in [0.1, 0.15) is 0 Å². The molecule has 0 spiro atoms. The third-order valence-corrected chi connectivity index (χ3v) is 2.99. The summed E-state index contributed by atoms with van der Waals surface area (Å²) in [5, 5.41) is 14.7. The van der Waals surface area contributed by atoms with Crippen LogP contribution in [0, 0.1) is 0 Å². The molecule has 0 bridgehead atoms. The van der Waals surface area contributed by atoms with Gasteiger partial charge in [0.2, 0.25) is 5.91 Å². The maximum absolute atomic E-state index is 12.1. The van der Waals surface area contributed by atoms with Crippen molar-refractivity contribution in [3.8, 4) is 0 Å². The normalized spacial score (nSPS) is 13.5. The number of amides is 2. The van der Waals surface area contributed by atoms with Crippen LogP contribution in [-0.4, -0.2) is 29.1 Å². The molecule has 0 aliphatic rings. The molecule has 1 aromatic rings. The van der Waals surface area contributed by atoms with Gasteiger partial charge in [0, 0.05) is 18.2 Å². The molecule has 1 aromatic carbocycles. The maximum Gasteiger partial charge on any atom is 0.251 e. The van der Waals surface area contributed by atoms with Crippen molar-refractivity contribution >= 4 is 17.5 Å². The van der Waals surface area contributed by atoms with Crippen LogP contribution in [0.3, 0.4) is 0 Å². The molecule has 104 valence electrons. The van der Waals surface area contributed by atoms with Crippen molar-refractivity contribution in [3.05, 3.63) is 29.8 Å². The van der Waals surface area contributed by atoms with Crippen LogP contribution in [0.5, 0.6) is 0 Å². The highest BCUT2D eigenvalue weighted by atomic mass is 16.3. The zero-order valence-electron chi connectivity index (χ0n) is 11.5. The molecule has 0 heterocycles. The van der Waals surface area contributed by atoms with Crippen molar-refractivity contribution in [1.82, 2.24) is 5.32 Å². The number of anilines is 1. The van der Waals surface area contributed by atoms with Crippen LogP contribution < -0.4 is 10.6 Å². The summed E-state index contributed by atoms with van der Waals surface area (Å²) in [7, 11) is 0. The van der Waals surface area contributed by atoms with Crippen molar-refractivity contribution < 1.29 is 14.7 Å². The van der Waals surface area contributed by atoms with Gasteiger partial charge in [-0.15, -0.1) is 0 Å². The van der Waals surface area contributed by atoms with Crippen LogP contribution >= 0.6 is 0 Å². The number of rotatable bonds is 5. The average molecular weight is 264 g/mol. The Labute approximate surface area is 113 Å². The van der Waals surface area contributed by atoms with E-state index in [4.69, 9.17) is 0 Å². The minimum absolute atomic E-state index is 0.124. The second kappa shape index (κ2) is 6.33. The first kappa shape index (κ1) is 15.2. The number of benzene rings is 1. The lowest BCUT2D eigenvalue weighted by atomic mass is 9.99. The molecule has 1 unspecified atom stereocenters. The summed E-state index contributed by atoms with van der Waals surface area (Å²) in [6.45, 7) is 4.96. The van der Waals surface area contributed by atoms with E-state index in [2.05, 4.69) is 10.6 Å². The molecule has 3 N–H and O–H groups in total. The van der Waals surface area contributed by atoms with Gasteiger partial charge in [0.05, 0.1) is 12.1 Å². The first-order valence-electron chi connectivity index (χ1n) is 6.21. The molecule has 5 heteroatoms. The molecule has 2 amide bonds. The molecule has 0 fully saturated rings. The minimum atomic E-state index is -0.638. The molecule has 0 aliphatic heterocycles. The van der Waals surface area contributed by atoms with E-state index in [0.29, 0.717) is 17.7 Å². The lowest BCUT2D eigenvalue weighted by Gasteiger charge is -2.27. The third-order valence-electron chi connectivity index (χ3n) is 2.99. The summed E-state index contributed by atoms with van der Waals surface area (Å²) >= 11 is 0. The summed E-state index contributed by atoms with van der Waals surface area (Å²) in [5.74, 6) is -0.461. The summed E-state index contributed by atoms with van der Waals surface area (Å²) in [5.41, 5.74) is 0.378. The zero-order valence-corrected chi connectivity index (χ0v) is 11.5. The molecule has 0 aliphatic carbocycles. The average Bonchev–Trinajstić information content (AvgIpc) is 2.38. The Morgan fingerprint density at radius 1 is 1.37 bits per heavy atom. The van der Waals surface area contributed by atoms with Crippen molar-refractivity contribution in [2.24, 2.45) is 0 Å². The predicted octanol–water partition coefficient (Wildman–Crippen LogP) is 1.54. The van der Waals surface area contributed by atoms with Crippen molar-refractivity contribution in [2.45, 2.75) is 32.7 Å². The number of aliphatic hydroxyl groups is 1. The number of nitrogens with one attached hydrogen (secondary N) is 2. The highest BCUT2D eigenvalue weighted by molar-refractivity contribution is 5.97. The smallest absolute Gasteiger partial charge is 0.251 e. The largest absolute Gasteiger partial charge is 0.394 e. The number of aliphatic hydroxyl groups excluding tert-OH is 1. The number of hydrogen-bond acceptors (Lipinski definition) is 3. The Morgan fingerprint density at radius 2 is 2.05 bits per heavy atom. The van der Waals surface area contributed by atoms with Gasteiger partial charge in [-0.1, -0.05) is 13.0 Å². The van der Waals surface area contributed by atoms with Gasteiger partial charge >= 0.3 is 0 Å². The second-order valence-corrected chi connectivity index (χ2v) is 4.79. The summed E-state index contributed by atoms with van der Waals surface area (Å²) in [4.78, 5) is 23.1. The lowest BCUT2D eigenvalue weighted by Crippen LogP contribution is -2.48. The predicted molar refractivity (Wildman–Crippen MR) is 74.0 cm³/mol. The van der Waals surface area contributed by atoms with Gasteiger partial charge in [-0.3, -0.25) is 9.59 Å². The van der Waals surface area contributed by atoms with Crippen molar-refractivity contribution in [1.29, 1.82) is 0 Å². The highest BCUT2D eigenvalue weighted by Gasteiger charge is 2.23. The summed E-state index contributed by atoms with van der Waals surface area (Å²) < 4.78 is 0. The Kier molecular flexibility index (Phi) is 5.06. The van der Waals surface area contributed by atoms with Gasteiger partial charge in [0.15, 0.2) is 0 Å². The number of carbonyl (C=O) groups excluding carboxylic acids is 2. The Morgan fingerprint density at radius 3 is 2.58 bits per heavy atom. The molecule has 0 saturated carbocycles. The van der Waals surface area contributed by atoms with Crippen LogP contribution in [0.2, 0.25) is 0 Å². The van der Waals surface area contributed by atoms with E-state index < -0.39 is 5.54 Å². The van der Waals surface area contributed by atoms with E-state index in [1.807, 2.05) is 6.92 Å². The summed E-state index contributed by atoms with van der Waals surface area (Å²) in [6, 6.07) is 6.67. The highest BCUT2D eigenvalue weighted by Crippen LogP contribution is 2.13. The SMILES string of the molecule is CCC(C)(CO)NC(=O)c1cccc(NC(C)=O)c1. The number of hydrogen-bond donors (Lipinski definition) is 3. The van der Waals surface area contributed by atoms with Crippen LogP contribution in [0.25, 0.3) is 0 Å². The van der Waals surface area contributed by atoms with E-state index in [0.717, 1.165) is 0 Å². The monoisotopic (exact) mass is 264 g/mol. The third kappa shape index (κ3) is 4.37. The summed E-state index contributed by atoms with van der Waals surface area (Å²) in [6.07, 6.45) is 0.626. The van der Waals surface area contributed by atoms with Crippen molar-refractivity contribution in [2.75, 3.05) is 11.9 Å². The Bertz CT molecular complexity index is 468. The Hall–Kier alpha value is -1.88. The van der Waals surface area contributed by atoms with Crippen LogP contribution in [0.4, 0.5) is 5.69 Å². The van der Waals surface area contributed by atoms with E-state index in [1.165, 1.54) is 6.92 Å². The van der Waals surface area contributed by atoms with Gasteiger partial charge in [-0.25, -0.2) is 0 Å². The fraction of sp³-hybridized carbons (Fsp3) is 0.429. The minimum Gasteiger partial charge on any atom is -0.394 e. The fourth-order valence-electron chi connectivity index (χ4n) is 1.53. The molecule has 0 radical (unpaired) electrons. The van der Waals surface area contributed by atoms with Gasteiger partial charge in [-0.2, -0.15) is 0 Å².